The smallest absolute Gasteiger partial charge is 0.241 e. The topological polar surface area (TPSA) is 25.8 Å². The lowest BCUT2D eigenvalue weighted by Gasteiger charge is -2.12. The third-order valence-corrected chi connectivity index (χ3v) is 6.63. The Morgan fingerprint density at radius 3 is 2.03 bits per heavy atom. The first-order valence-corrected chi connectivity index (χ1v) is 12.7. The Morgan fingerprint density at radius 1 is 0.684 bits per heavy atom. The van der Waals surface area contributed by atoms with E-state index >= 15 is 4.39 Å². The molecule has 3 aromatic carbocycles. The van der Waals surface area contributed by atoms with Crippen molar-refractivity contribution < 1.29 is 26.3 Å². The Kier molecular flexibility index (Phi) is 8.69. The van der Waals surface area contributed by atoms with Gasteiger partial charge in [-0.25, -0.2) is 23.1 Å². The second kappa shape index (κ2) is 12.0. The lowest BCUT2D eigenvalue weighted by Crippen LogP contribution is -2.12. The normalized spacial score (nSPS) is 11.9. The highest BCUT2D eigenvalue weighted by molar-refractivity contribution is 5.84. The molecule has 0 aliphatic rings. The fourth-order valence-corrected chi connectivity index (χ4v) is 4.53. The van der Waals surface area contributed by atoms with Crippen LogP contribution in [0.2, 0.25) is 0 Å². The van der Waals surface area contributed by atoms with Crippen molar-refractivity contribution in [3.8, 4) is 0 Å². The fourth-order valence-electron chi connectivity index (χ4n) is 4.53. The minimum atomic E-state index is -5.12. The highest BCUT2D eigenvalue weighted by Crippen LogP contribution is 2.34. The molecule has 0 bridgehead atoms. The molecule has 0 saturated heterocycles. The molecule has 0 aliphatic carbocycles. The number of aryl methyl sites for hydroxylation is 5. The van der Waals surface area contributed by atoms with Crippen molar-refractivity contribution in [1.29, 1.82) is 0 Å². The summed E-state index contributed by atoms with van der Waals surface area (Å²) in [5, 5.41) is 1.12. The van der Waals surface area contributed by atoms with E-state index in [4.69, 9.17) is 0 Å². The number of hydrogen-bond donors (Lipinski definition) is 0. The number of fused-ring (bicyclic) bond motifs is 1. The highest BCUT2D eigenvalue weighted by atomic mass is 19.4. The molecule has 4 aromatic rings. The minimum absolute atomic E-state index is 0.0100. The molecule has 1 aromatic heterocycles. The van der Waals surface area contributed by atoms with Crippen LogP contribution >= 0.6 is 0 Å². The summed E-state index contributed by atoms with van der Waals surface area (Å²) in [6.07, 6.45) is 4.51. The van der Waals surface area contributed by atoms with Crippen molar-refractivity contribution in [1.82, 2.24) is 9.97 Å². The number of alkyl halides is 3. The van der Waals surface area contributed by atoms with E-state index in [9.17, 15) is 22.0 Å². The van der Waals surface area contributed by atoms with Gasteiger partial charge in [-0.05, 0) is 71.9 Å². The molecule has 0 amide bonds. The monoisotopic (exact) mass is 530 g/mol. The van der Waals surface area contributed by atoms with Gasteiger partial charge in [-0.1, -0.05) is 50.1 Å². The summed E-state index contributed by atoms with van der Waals surface area (Å²) in [5.74, 6) is -3.05. The van der Waals surface area contributed by atoms with E-state index < -0.39 is 29.2 Å². The molecule has 0 fully saturated rings. The zero-order valence-corrected chi connectivity index (χ0v) is 21.0. The molecular formula is C30H28F6N2. The van der Waals surface area contributed by atoms with Crippen LogP contribution in [0.4, 0.5) is 26.3 Å². The van der Waals surface area contributed by atoms with Crippen LogP contribution < -0.4 is 0 Å². The summed E-state index contributed by atoms with van der Waals surface area (Å²) < 4.78 is 81.2. The molecule has 4 rings (SSSR count). The van der Waals surface area contributed by atoms with Crippen molar-refractivity contribution in [3.63, 3.8) is 0 Å². The molecule has 200 valence electrons. The number of aromatic nitrogens is 2. The van der Waals surface area contributed by atoms with Crippen LogP contribution in [0.15, 0.2) is 54.9 Å². The van der Waals surface area contributed by atoms with Gasteiger partial charge in [-0.15, -0.1) is 0 Å². The minimum Gasteiger partial charge on any atom is -0.241 e. The average molecular weight is 531 g/mol. The van der Waals surface area contributed by atoms with E-state index in [1.807, 2.05) is 24.5 Å². The van der Waals surface area contributed by atoms with Gasteiger partial charge < -0.3 is 0 Å². The van der Waals surface area contributed by atoms with E-state index in [1.54, 1.807) is 18.2 Å². The number of rotatable bonds is 10. The first-order valence-electron chi connectivity index (χ1n) is 12.7. The van der Waals surface area contributed by atoms with Gasteiger partial charge >= 0.3 is 6.18 Å². The lowest BCUT2D eigenvalue weighted by atomic mass is 9.97. The molecule has 0 saturated carbocycles. The van der Waals surface area contributed by atoms with Gasteiger partial charge in [0.15, 0.2) is 0 Å². The van der Waals surface area contributed by atoms with Crippen molar-refractivity contribution in [2.24, 2.45) is 0 Å². The Morgan fingerprint density at radius 2 is 1.37 bits per heavy atom. The molecule has 0 aliphatic heterocycles. The Labute approximate surface area is 217 Å². The first kappa shape index (κ1) is 27.6. The molecule has 0 unspecified atom stereocenters. The lowest BCUT2D eigenvalue weighted by molar-refractivity contribution is -0.142. The summed E-state index contributed by atoms with van der Waals surface area (Å²) in [7, 11) is 0. The molecular weight excluding hydrogens is 502 g/mol. The van der Waals surface area contributed by atoms with Crippen molar-refractivity contribution in [2.75, 3.05) is 0 Å². The molecule has 8 heteroatoms. The molecule has 0 N–H and O–H groups in total. The van der Waals surface area contributed by atoms with E-state index in [0.29, 0.717) is 41.3 Å². The predicted molar refractivity (Wildman–Crippen MR) is 135 cm³/mol. The summed E-state index contributed by atoms with van der Waals surface area (Å²) in [5.41, 5.74) is 0.570. The predicted octanol–water partition coefficient (Wildman–Crippen LogP) is 8.37. The first-order chi connectivity index (χ1) is 18.2. The van der Waals surface area contributed by atoms with Crippen LogP contribution in [0.1, 0.15) is 59.8 Å². The van der Waals surface area contributed by atoms with Gasteiger partial charge in [0, 0.05) is 24.2 Å². The molecule has 2 nitrogen and oxygen atoms in total. The van der Waals surface area contributed by atoms with Crippen molar-refractivity contribution in [2.45, 2.75) is 64.5 Å². The van der Waals surface area contributed by atoms with Gasteiger partial charge in [0.05, 0.1) is 0 Å². The quantitative estimate of drug-likeness (QED) is 0.152. The number of unbranched alkanes of at least 4 members (excludes halogenated alkanes) is 2. The molecule has 1 heterocycles. The standard InChI is InChI=1S/C30H28F6N2/c1-2-3-4-5-21-17-37-27(38-18-21)13-8-19-7-12-24-23(14-19)11-10-22(29(24)33)9-6-20-15-25(31)28(26(32)16-20)30(34,35)36/h7,10-12,14-18H,2-6,8-9,13H2,1H3. The number of halogens is 6. The fraction of sp³-hybridized carbons (Fsp3) is 0.333. The van der Waals surface area contributed by atoms with Crippen LogP contribution in [0.25, 0.3) is 10.8 Å². The average Bonchev–Trinajstić information content (AvgIpc) is 2.87. The van der Waals surface area contributed by atoms with Crippen LogP contribution in [0.5, 0.6) is 0 Å². The SMILES string of the molecule is CCCCCc1cnc(CCc2ccc3c(F)c(CCc4cc(F)c(C(F)(F)F)c(F)c4)ccc3c2)nc1. The largest absolute Gasteiger partial charge is 0.422 e. The highest BCUT2D eigenvalue weighted by Gasteiger charge is 2.37. The number of benzene rings is 3. The molecule has 38 heavy (non-hydrogen) atoms. The van der Waals surface area contributed by atoms with Crippen molar-refractivity contribution >= 4 is 10.8 Å². The number of nitrogens with zero attached hydrogens (tertiary/aromatic N) is 2. The maximum Gasteiger partial charge on any atom is 0.422 e. The van der Waals surface area contributed by atoms with Crippen LogP contribution in [-0.4, -0.2) is 9.97 Å². The van der Waals surface area contributed by atoms with Gasteiger partial charge in [0.25, 0.3) is 0 Å². The van der Waals surface area contributed by atoms with Gasteiger partial charge in [0.1, 0.15) is 28.8 Å². The third kappa shape index (κ3) is 6.71. The maximum absolute atomic E-state index is 15.2. The molecule has 0 atom stereocenters. The van der Waals surface area contributed by atoms with E-state index in [-0.39, 0.29) is 18.4 Å². The van der Waals surface area contributed by atoms with E-state index in [2.05, 4.69) is 16.9 Å². The Bertz CT molecular complexity index is 1370. The molecule has 0 radical (unpaired) electrons. The number of hydrogen-bond acceptors (Lipinski definition) is 2. The second-order valence-electron chi connectivity index (χ2n) is 9.49. The zero-order chi connectivity index (χ0) is 27.3. The van der Waals surface area contributed by atoms with Crippen LogP contribution in [-0.2, 0) is 38.3 Å². The van der Waals surface area contributed by atoms with Crippen LogP contribution in [0, 0.1) is 17.5 Å². The van der Waals surface area contributed by atoms with E-state index in [1.165, 1.54) is 12.8 Å². The Hall–Kier alpha value is -3.42. The summed E-state index contributed by atoms with van der Waals surface area (Å²) in [4.78, 5) is 8.92. The summed E-state index contributed by atoms with van der Waals surface area (Å²) in [6.45, 7) is 2.17. The molecule has 0 spiro atoms. The maximum atomic E-state index is 15.2. The van der Waals surface area contributed by atoms with Gasteiger partial charge in [-0.2, -0.15) is 13.2 Å². The Balaban J connectivity index is 1.40. The zero-order valence-electron chi connectivity index (χ0n) is 21.0. The van der Waals surface area contributed by atoms with E-state index in [0.717, 1.165) is 29.8 Å². The van der Waals surface area contributed by atoms with Gasteiger partial charge in [0.2, 0.25) is 0 Å². The third-order valence-electron chi connectivity index (χ3n) is 6.63. The summed E-state index contributed by atoms with van der Waals surface area (Å²) in [6, 6.07) is 10.1. The van der Waals surface area contributed by atoms with Gasteiger partial charge in [-0.3, -0.25) is 0 Å². The van der Waals surface area contributed by atoms with Crippen molar-refractivity contribution in [3.05, 3.63) is 106 Å². The van der Waals surface area contributed by atoms with Crippen LogP contribution in [0.3, 0.4) is 0 Å². The second-order valence-corrected chi connectivity index (χ2v) is 9.49. The summed E-state index contributed by atoms with van der Waals surface area (Å²) >= 11 is 0.